The van der Waals surface area contributed by atoms with E-state index in [4.69, 9.17) is 16.3 Å². The average molecular weight is 384 g/mol. The molecule has 0 saturated carbocycles. The number of nitrogens with one attached hydrogen (secondary N) is 1. The number of aryl methyl sites for hydroxylation is 1. The lowest BCUT2D eigenvalue weighted by atomic mass is 10.0. The molecular formula is C21H22ClN3O2. The molecule has 1 aromatic heterocycles. The van der Waals surface area contributed by atoms with Gasteiger partial charge in [-0.1, -0.05) is 59.6 Å². The monoisotopic (exact) mass is 383 g/mol. The Morgan fingerprint density at radius 3 is 2.67 bits per heavy atom. The molecule has 3 rings (SSSR count). The minimum absolute atomic E-state index is 0.108. The van der Waals surface area contributed by atoms with Gasteiger partial charge in [0.25, 0.3) is 5.56 Å². The molecule has 140 valence electrons. The van der Waals surface area contributed by atoms with E-state index >= 15 is 0 Å². The number of methoxy groups -OCH3 is 1. The summed E-state index contributed by atoms with van der Waals surface area (Å²) in [6.07, 6.45) is 1.59. The Balaban J connectivity index is 1.85. The topological polar surface area (TPSA) is 56.1 Å². The highest BCUT2D eigenvalue weighted by Gasteiger charge is 2.16. The molecule has 0 bridgehead atoms. The van der Waals surface area contributed by atoms with Crippen LogP contribution in [-0.4, -0.2) is 16.9 Å². The minimum Gasteiger partial charge on any atom is -0.496 e. The van der Waals surface area contributed by atoms with Crippen molar-refractivity contribution in [3.63, 3.8) is 0 Å². The van der Waals surface area contributed by atoms with Crippen LogP contribution >= 0.6 is 11.6 Å². The Morgan fingerprint density at radius 1 is 1.22 bits per heavy atom. The predicted octanol–water partition coefficient (Wildman–Crippen LogP) is 4.44. The van der Waals surface area contributed by atoms with Crippen molar-refractivity contribution in [2.24, 2.45) is 0 Å². The molecule has 3 aromatic rings. The molecule has 0 spiro atoms. The van der Waals surface area contributed by atoms with Crippen molar-refractivity contribution in [2.75, 3.05) is 12.4 Å². The molecule has 1 atom stereocenters. The molecule has 1 N–H and O–H groups in total. The van der Waals surface area contributed by atoms with Crippen LogP contribution in [-0.2, 0) is 6.54 Å². The van der Waals surface area contributed by atoms with Gasteiger partial charge in [0.05, 0.1) is 31.6 Å². The van der Waals surface area contributed by atoms with Crippen LogP contribution in [0, 0.1) is 6.92 Å². The van der Waals surface area contributed by atoms with Crippen molar-refractivity contribution in [2.45, 2.75) is 26.4 Å². The van der Waals surface area contributed by atoms with Crippen molar-refractivity contribution < 1.29 is 4.74 Å². The number of rotatable bonds is 6. The highest BCUT2D eigenvalue weighted by Crippen LogP contribution is 2.30. The SMILES string of the molecule is COc1ccc(C)cc1[C@@H](C)Nc1cnn(Cc2ccccc2)c(=O)c1Cl. The molecule has 0 saturated heterocycles. The molecule has 6 heteroatoms. The zero-order valence-corrected chi connectivity index (χ0v) is 16.3. The van der Waals surface area contributed by atoms with E-state index in [1.54, 1.807) is 13.3 Å². The van der Waals surface area contributed by atoms with E-state index < -0.39 is 0 Å². The Bertz CT molecular complexity index is 986. The van der Waals surface area contributed by atoms with Crippen LogP contribution in [0.3, 0.4) is 0 Å². The van der Waals surface area contributed by atoms with Crippen molar-refractivity contribution in [3.05, 3.63) is 86.8 Å². The molecule has 2 aromatic carbocycles. The second kappa shape index (κ2) is 8.27. The molecular weight excluding hydrogens is 362 g/mol. The number of hydrogen-bond donors (Lipinski definition) is 1. The summed E-state index contributed by atoms with van der Waals surface area (Å²) < 4.78 is 6.81. The quantitative estimate of drug-likeness (QED) is 0.683. The molecule has 27 heavy (non-hydrogen) atoms. The lowest BCUT2D eigenvalue weighted by Gasteiger charge is -2.19. The van der Waals surface area contributed by atoms with Gasteiger partial charge in [0, 0.05) is 5.56 Å². The standard InChI is InChI=1S/C21H22ClN3O2/c1-14-9-10-19(27-3)17(11-14)15(2)24-18-12-23-25(21(26)20(18)22)13-16-7-5-4-6-8-16/h4-12,15,24H,13H2,1-3H3/t15-/m1/s1. The van der Waals surface area contributed by atoms with Gasteiger partial charge < -0.3 is 10.1 Å². The van der Waals surface area contributed by atoms with Crippen LogP contribution < -0.4 is 15.6 Å². The van der Waals surface area contributed by atoms with Gasteiger partial charge in [-0.3, -0.25) is 4.79 Å². The van der Waals surface area contributed by atoms with Crippen molar-refractivity contribution in [3.8, 4) is 5.75 Å². The number of ether oxygens (including phenoxy) is 1. The first-order chi connectivity index (χ1) is 13.0. The molecule has 0 aliphatic heterocycles. The number of halogens is 1. The fourth-order valence-electron chi connectivity index (χ4n) is 2.94. The maximum Gasteiger partial charge on any atom is 0.287 e. The van der Waals surface area contributed by atoms with Gasteiger partial charge in [0.1, 0.15) is 10.8 Å². The van der Waals surface area contributed by atoms with Gasteiger partial charge in [-0.15, -0.1) is 0 Å². The van der Waals surface area contributed by atoms with Crippen LogP contribution in [0.15, 0.2) is 59.5 Å². The van der Waals surface area contributed by atoms with Gasteiger partial charge in [-0.25, -0.2) is 4.68 Å². The van der Waals surface area contributed by atoms with Crippen LogP contribution in [0.5, 0.6) is 5.75 Å². The lowest BCUT2D eigenvalue weighted by Crippen LogP contribution is -2.25. The van der Waals surface area contributed by atoms with Gasteiger partial charge in [-0.05, 0) is 25.5 Å². The summed E-state index contributed by atoms with van der Waals surface area (Å²) in [4.78, 5) is 12.6. The summed E-state index contributed by atoms with van der Waals surface area (Å²) >= 11 is 6.33. The van der Waals surface area contributed by atoms with E-state index in [-0.39, 0.29) is 16.6 Å². The smallest absolute Gasteiger partial charge is 0.287 e. The highest BCUT2D eigenvalue weighted by atomic mass is 35.5. The first kappa shape index (κ1) is 19.0. The zero-order chi connectivity index (χ0) is 19.4. The summed E-state index contributed by atoms with van der Waals surface area (Å²) in [6, 6.07) is 15.5. The van der Waals surface area contributed by atoms with Crippen LogP contribution in [0.1, 0.15) is 29.7 Å². The fraction of sp³-hybridized carbons (Fsp3) is 0.238. The Hall–Kier alpha value is -2.79. The zero-order valence-electron chi connectivity index (χ0n) is 15.6. The summed E-state index contributed by atoms with van der Waals surface area (Å²) in [5, 5.41) is 7.66. The van der Waals surface area contributed by atoms with Gasteiger partial charge >= 0.3 is 0 Å². The normalized spacial score (nSPS) is 11.9. The van der Waals surface area contributed by atoms with Crippen LogP contribution in [0.2, 0.25) is 5.02 Å². The van der Waals surface area contributed by atoms with Crippen molar-refractivity contribution in [1.82, 2.24) is 9.78 Å². The third-order valence-electron chi connectivity index (χ3n) is 4.38. The fourth-order valence-corrected chi connectivity index (χ4v) is 3.14. The van der Waals surface area contributed by atoms with Crippen molar-refractivity contribution in [1.29, 1.82) is 0 Å². The molecule has 0 aliphatic carbocycles. The van der Waals surface area contributed by atoms with Crippen LogP contribution in [0.4, 0.5) is 5.69 Å². The van der Waals surface area contributed by atoms with Crippen LogP contribution in [0.25, 0.3) is 0 Å². The van der Waals surface area contributed by atoms with E-state index in [0.29, 0.717) is 12.2 Å². The number of benzene rings is 2. The van der Waals surface area contributed by atoms with E-state index in [2.05, 4.69) is 16.5 Å². The maximum atomic E-state index is 12.6. The second-order valence-electron chi connectivity index (χ2n) is 6.43. The van der Waals surface area contributed by atoms with E-state index in [1.807, 2.05) is 56.3 Å². The Labute approximate surface area is 163 Å². The van der Waals surface area contributed by atoms with E-state index in [1.165, 1.54) is 4.68 Å². The van der Waals surface area contributed by atoms with Gasteiger partial charge in [0.15, 0.2) is 0 Å². The molecule has 0 aliphatic rings. The van der Waals surface area contributed by atoms with E-state index in [0.717, 1.165) is 22.4 Å². The Morgan fingerprint density at radius 2 is 1.96 bits per heavy atom. The van der Waals surface area contributed by atoms with Crippen molar-refractivity contribution >= 4 is 17.3 Å². The molecule has 0 fully saturated rings. The molecule has 0 unspecified atom stereocenters. The number of anilines is 1. The first-order valence-corrected chi connectivity index (χ1v) is 9.08. The first-order valence-electron chi connectivity index (χ1n) is 8.70. The largest absolute Gasteiger partial charge is 0.496 e. The molecule has 0 amide bonds. The van der Waals surface area contributed by atoms with E-state index in [9.17, 15) is 4.79 Å². The van der Waals surface area contributed by atoms with Gasteiger partial charge in [0.2, 0.25) is 0 Å². The number of nitrogens with zero attached hydrogens (tertiary/aromatic N) is 2. The average Bonchev–Trinajstić information content (AvgIpc) is 2.68. The summed E-state index contributed by atoms with van der Waals surface area (Å²) in [5.74, 6) is 0.780. The Kier molecular flexibility index (Phi) is 5.81. The highest BCUT2D eigenvalue weighted by molar-refractivity contribution is 6.32. The molecule has 5 nitrogen and oxygen atoms in total. The predicted molar refractivity (Wildman–Crippen MR) is 109 cm³/mol. The third-order valence-corrected chi connectivity index (χ3v) is 4.75. The summed E-state index contributed by atoms with van der Waals surface area (Å²) in [6.45, 7) is 4.39. The minimum atomic E-state index is -0.325. The maximum absolute atomic E-state index is 12.6. The molecule has 0 radical (unpaired) electrons. The third kappa shape index (κ3) is 4.31. The number of hydrogen-bond acceptors (Lipinski definition) is 4. The molecule has 1 heterocycles. The van der Waals surface area contributed by atoms with Gasteiger partial charge in [-0.2, -0.15) is 5.10 Å². The summed E-state index contributed by atoms with van der Waals surface area (Å²) in [5.41, 5.74) is 3.28. The summed E-state index contributed by atoms with van der Waals surface area (Å²) in [7, 11) is 1.64. The number of aromatic nitrogens is 2. The second-order valence-corrected chi connectivity index (χ2v) is 6.81. The lowest BCUT2D eigenvalue weighted by molar-refractivity contribution is 0.408.